The van der Waals surface area contributed by atoms with Gasteiger partial charge < -0.3 is 28.5 Å². The number of carboxylic acids is 1. The summed E-state index contributed by atoms with van der Waals surface area (Å²) in [6.07, 6.45) is 93.4. The highest BCUT2D eigenvalue weighted by molar-refractivity contribution is 5.71. The van der Waals surface area contributed by atoms with Gasteiger partial charge in [0.25, 0.3) is 6.29 Å². The molecule has 0 saturated heterocycles. The van der Waals surface area contributed by atoms with Crippen LogP contribution in [0.25, 0.3) is 0 Å². The van der Waals surface area contributed by atoms with Gasteiger partial charge in [0.2, 0.25) is 0 Å². The van der Waals surface area contributed by atoms with E-state index in [4.69, 9.17) is 18.9 Å². The predicted molar refractivity (Wildman–Crippen MR) is 363 cm³/mol. The smallest absolute Gasteiger partial charge is 0.361 e. The summed E-state index contributed by atoms with van der Waals surface area (Å²) in [7, 11) is 5.96. The maximum Gasteiger partial charge on any atom is 0.361 e. The number of likely N-dealkylation sites (N-methyl/N-ethyl adjacent to an activating group) is 1. The van der Waals surface area contributed by atoms with E-state index >= 15 is 0 Å². The zero-order valence-corrected chi connectivity index (χ0v) is 54.7. The number of unbranched alkanes of at least 4 members (excludes halogenated alkanes) is 19. The summed E-state index contributed by atoms with van der Waals surface area (Å²) in [6.45, 7) is 4.61. The molecule has 2 unspecified atom stereocenters. The number of esters is 2. The van der Waals surface area contributed by atoms with E-state index in [9.17, 15) is 19.5 Å². The standard InChI is InChI=1S/C76H123NO8/c1-6-8-10-12-14-16-18-20-22-24-26-28-30-32-34-35-36-37-38-39-41-42-44-46-48-50-52-54-56-58-60-62-64-66-73(78)83-70-72(71-84-76(75(80)81)82-69-68-77(3,4)5)85-74(79)67-65-63-61-59-57-55-53-51-49-47-45-43-40-33-31-29-27-25-23-21-19-17-15-13-11-9-7-2/h8-11,14-17,20-23,26-29,32-34,36-37,40,45,47,51,53,72,76H,6-7,12-13,18-19,24-25,30-31,35,38-39,41-44,46,48-50,52,54-71H2,1-5H3/p+1/b10-8-,11-9-,16-14-,17-15-,22-20-,23-21-,28-26-,29-27-,34-32-,37-36-,40-33-,47-45-,53-51-. The summed E-state index contributed by atoms with van der Waals surface area (Å²) >= 11 is 0. The lowest BCUT2D eigenvalue weighted by Crippen LogP contribution is -2.40. The largest absolute Gasteiger partial charge is 0.477 e. The summed E-state index contributed by atoms with van der Waals surface area (Å²) in [6, 6.07) is 0. The van der Waals surface area contributed by atoms with Crippen LogP contribution in [0.3, 0.4) is 0 Å². The fraction of sp³-hybridized carbons (Fsp3) is 0.618. The highest BCUT2D eigenvalue weighted by Crippen LogP contribution is 2.16. The molecule has 2 atom stereocenters. The fourth-order valence-corrected chi connectivity index (χ4v) is 8.70. The molecule has 480 valence electrons. The molecule has 0 aromatic carbocycles. The SMILES string of the molecule is CC/C=C\C/C=C\C/C=C\C/C=C\C/C=C\C/C=C\C/C=C\CCCCCCCC(=O)OC(COC(=O)CCCCCCCCCCCCCCCC/C=C\C/C=C\C/C=C\C/C=C\C/C=C\C/C=C\CC)COC(OCC[N+](C)(C)C)C(=O)O. The Morgan fingerprint density at radius 1 is 0.353 bits per heavy atom. The van der Waals surface area contributed by atoms with Gasteiger partial charge in [0.1, 0.15) is 13.2 Å². The second-order valence-corrected chi connectivity index (χ2v) is 23.0. The van der Waals surface area contributed by atoms with Gasteiger partial charge in [0.05, 0.1) is 34.4 Å². The molecule has 0 aliphatic heterocycles. The maximum atomic E-state index is 12.9. The van der Waals surface area contributed by atoms with Crippen molar-refractivity contribution in [2.75, 3.05) is 47.5 Å². The molecule has 0 amide bonds. The predicted octanol–water partition coefficient (Wildman–Crippen LogP) is 20.9. The second kappa shape index (κ2) is 64.9. The molecule has 85 heavy (non-hydrogen) atoms. The third kappa shape index (κ3) is 66.3. The molecule has 0 rings (SSSR count). The number of rotatable bonds is 60. The zero-order chi connectivity index (χ0) is 61.9. The van der Waals surface area contributed by atoms with Crippen molar-refractivity contribution in [1.29, 1.82) is 0 Å². The van der Waals surface area contributed by atoms with Gasteiger partial charge in [-0.3, -0.25) is 9.59 Å². The van der Waals surface area contributed by atoms with Gasteiger partial charge >= 0.3 is 17.9 Å². The van der Waals surface area contributed by atoms with Crippen molar-refractivity contribution in [2.24, 2.45) is 0 Å². The zero-order valence-electron chi connectivity index (χ0n) is 54.7. The molecule has 0 saturated carbocycles. The average Bonchev–Trinajstić information content (AvgIpc) is 3.48. The summed E-state index contributed by atoms with van der Waals surface area (Å²) < 4.78 is 22.9. The number of hydrogen-bond acceptors (Lipinski definition) is 7. The van der Waals surface area contributed by atoms with Crippen LogP contribution in [0.1, 0.15) is 245 Å². The maximum absolute atomic E-state index is 12.9. The van der Waals surface area contributed by atoms with E-state index in [0.717, 1.165) is 135 Å². The monoisotopic (exact) mass is 1180 g/mol. The molecule has 1 N–H and O–H groups in total. The highest BCUT2D eigenvalue weighted by atomic mass is 16.7. The van der Waals surface area contributed by atoms with E-state index in [0.29, 0.717) is 17.4 Å². The number of allylic oxidation sites excluding steroid dienone is 26. The van der Waals surface area contributed by atoms with Gasteiger partial charge in [0, 0.05) is 12.8 Å². The molecule has 0 bridgehead atoms. The highest BCUT2D eigenvalue weighted by Gasteiger charge is 2.25. The number of nitrogens with zero attached hydrogens (tertiary/aromatic N) is 1. The van der Waals surface area contributed by atoms with Crippen LogP contribution >= 0.6 is 0 Å². The first kappa shape index (κ1) is 79.9. The summed E-state index contributed by atoms with van der Waals surface area (Å²) in [5.41, 5.74) is 0. The van der Waals surface area contributed by atoms with Crippen molar-refractivity contribution < 1.29 is 42.9 Å². The van der Waals surface area contributed by atoms with E-state index < -0.39 is 24.3 Å². The first-order chi connectivity index (χ1) is 41.6. The topological polar surface area (TPSA) is 108 Å². The Bertz CT molecular complexity index is 1950. The average molecular weight is 1180 g/mol. The van der Waals surface area contributed by atoms with Crippen LogP contribution in [0, 0.1) is 0 Å². The Hall–Kier alpha value is -5.09. The molecule has 0 radical (unpaired) electrons. The number of aliphatic carboxylic acids is 1. The number of carbonyl (C=O) groups is 3. The van der Waals surface area contributed by atoms with E-state index in [1.165, 1.54) is 77.0 Å². The lowest BCUT2D eigenvalue weighted by molar-refractivity contribution is -0.870. The molecule has 0 aromatic rings. The van der Waals surface area contributed by atoms with Gasteiger partial charge in [-0.05, 0) is 122 Å². The number of carbonyl (C=O) groups excluding carboxylic acids is 2. The van der Waals surface area contributed by atoms with E-state index in [-0.39, 0.29) is 38.6 Å². The lowest BCUT2D eigenvalue weighted by Gasteiger charge is -2.25. The minimum Gasteiger partial charge on any atom is -0.477 e. The molecular weight excluding hydrogens is 1050 g/mol. The minimum absolute atomic E-state index is 0.175. The van der Waals surface area contributed by atoms with Crippen molar-refractivity contribution in [3.8, 4) is 0 Å². The third-order valence-corrected chi connectivity index (χ3v) is 13.8. The quantitative estimate of drug-likeness (QED) is 0.0211. The first-order valence-corrected chi connectivity index (χ1v) is 33.6. The summed E-state index contributed by atoms with van der Waals surface area (Å²) in [5, 5.41) is 9.74. The third-order valence-electron chi connectivity index (χ3n) is 13.8. The number of carboxylic acid groups (broad SMARTS) is 1. The molecule has 0 spiro atoms. The Kier molecular flexibility index (Phi) is 61.0. The van der Waals surface area contributed by atoms with Gasteiger partial charge in [-0.15, -0.1) is 0 Å². The van der Waals surface area contributed by atoms with Crippen molar-refractivity contribution in [2.45, 2.75) is 257 Å². The normalized spacial score (nSPS) is 13.8. The number of hydrogen-bond donors (Lipinski definition) is 1. The number of ether oxygens (including phenoxy) is 4. The van der Waals surface area contributed by atoms with Gasteiger partial charge in [-0.2, -0.15) is 0 Å². The Morgan fingerprint density at radius 3 is 0.941 bits per heavy atom. The molecule has 0 aromatic heterocycles. The fourth-order valence-electron chi connectivity index (χ4n) is 8.70. The molecule has 0 aliphatic rings. The number of quaternary nitrogens is 1. The Morgan fingerprint density at radius 2 is 0.635 bits per heavy atom. The molecule has 0 heterocycles. The van der Waals surface area contributed by atoms with Crippen molar-refractivity contribution in [1.82, 2.24) is 0 Å². The van der Waals surface area contributed by atoms with Crippen LogP contribution in [0.5, 0.6) is 0 Å². The Labute approximate surface area is 521 Å². The van der Waals surface area contributed by atoms with Crippen LogP contribution in [0.4, 0.5) is 0 Å². The molecular formula is C76H124NO8+. The molecule has 9 heteroatoms. The minimum atomic E-state index is -1.53. The Balaban J connectivity index is 4.22. The van der Waals surface area contributed by atoms with Crippen LogP contribution in [-0.2, 0) is 33.3 Å². The van der Waals surface area contributed by atoms with Crippen LogP contribution in [0.2, 0.25) is 0 Å². The van der Waals surface area contributed by atoms with E-state index in [1.54, 1.807) is 0 Å². The summed E-state index contributed by atoms with van der Waals surface area (Å²) in [4.78, 5) is 37.6. The second-order valence-electron chi connectivity index (χ2n) is 23.0. The van der Waals surface area contributed by atoms with Crippen LogP contribution in [0.15, 0.2) is 158 Å². The van der Waals surface area contributed by atoms with Crippen molar-refractivity contribution in [3.05, 3.63) is 158 Å². The summed E-state index contributed by atoms with van der Waals surface area (Å²) in [5.74, 6) is -2.04. The van der Waals surface area contributed by atoms with Crippen LogP contribution in [-0.4, -0.2) is 87.4 Å². The van der Waals surface area contributed by atoms with E-state index in [2.05, 4.69) is 172 Å². The van der Waals surface area contributed by atoms with Crippen LogP contribution < -0.4 is 0 Å². The van der Waals surface area contributed by atoms with Gasteiger partial charge in [0.15, 0.2) is 6.10 Å². The van der Waals surface area contributed by atoms with E-state index in [1.807, 2.05) is 21.1 Å². The van der Waals surface area contributed by atoms with Crippen molar-refractivity contribution >= 4 is 17.9 Å². The lowest BCUT2D eigenvalue weighted by atomic mass is 10.0. The molecule has 0 fully saturated rings. The van der Waals surface area contributed by atoms with Gasteiger partial charge in [-0.1, -0.05) is 268 Å². The van der Waals surface area contributed by atoms with Crippen molar-refractivity contribution in [3.63, 3.8) is 0 Å². The first-order valence-electron chi connectivity index (χ1n) is 33.6. The molecule has 9 nitrogen and oxygen atoms in total. The van der Waals surface area contributed by atoms with Gasteiger partial charge in [-0.25, -0.2) is 4.79 Å². The molecule has 0 aliphatic carbocycles.